The van der Waals surface area contributed by atoms with Crippen molar-refractivity contribution in [3.05, 3.63) is 29.1 Å². The van der Waals surface area contributed by atoms with Crippen LogP contribution in [0.4, 0.5) is 17.6 Å². The highest BCUT2D eigenvalue weighted by molar-refractivity contribution is 5.39. The highest BCUT2D eigenvalue weighted by Gasteiger charge is 2.38. The first-order valence-corrected chi connectivity index (χ1v) is 11.5. The summed E-state index contributed by atoms with van der Waals surface area (Å²) in [6.45, 7) is 4.73. The molecule has 2 nitrogen and oxygen atoms in total. The molecule has 170 valence electrons. The third-order valence-electron chi connectivity index (χ3n) is 6.87. The quantitative estimate of drug-likeness (QED) is 0.426. The molecule has 2 atom stereocenters. The number of aryl methyl sites for hydroxylation is 1. The van der Waals surface area contributed by atoms with Crippen LogP contribution in [0.15, 0.2) is 12.1 Å². The van der Waals surface area contributed by atoms with Crippen molar-refractivity contribution in [2.45, 2.75) is 83.9 Å². The molecule has 0 N–H and O–H groups in total. The van der Waals surface area contributed by atoms with E-state index in [0.29, 0.717) is 18.9 Å². The van der Waals surface area contributed by atoms with Crippen molar-refractivity contribution < 1.29 is 27.0 Å². The molecule has 0 amide bonds. The Morgan fingerprint density at radius 2 is 1.70 bits per heavy atom. The zero-order valence-electron chi connectivity index (χ0n) is 18.1. The van der Waals surface area contributed by atoms with Crippen LogP contribution >= 0.6 is 0 Å². The maximum atomic E-state index is 14.6. The van der Waals surface area contributed by atoms with Crippen LogP contribution in [-0.2, 0) is 17.3 Å². The monoisotopic (exact) mass is 430 g/mol. The van der Waals surface area contributed by atoms with Crippen LogP contribution in [-0.4, -0.2) is 19.3 Å². The molecule has 2 aliphatic rings. The van der Waals surface area contributed by atoms with Crippen LogP contribution in [0.2, 0.25) is 0 Å². The van der Waals surface area contributed by atoms with Crippen LogP contribution in [0.25, 0.3) is 0 Å². The molecular formula is C24H34F4O2. The Kier molecular flexibility index (Phi) is 8.05. The number of hydrogen-bond donors (Lipinski definition) is 0. The van der Waals surface area contributed by atoms with Crippen molar-refractivity contribution >= 4 is 0 Å². The molecule has 1 saturated heterocycles. The second-order valence-corrected chi connectivity index (χ2v) is 8.97. The largest absolute Gasteiger partial charge is 0.490 e. The Hall–Kier alpha value is -1.30. The number of ether oxygens (including phenoxy) is 2. The average Bonchev–Trinajstić information content (AvgIpc) is 2.73. The van der Waals surface area contributed by atoms with Gasteiger partial charge in [-0.05, 0) is 55.6 Å². The molecule has 2 fully saturated rings. The Bertz CT molecular complexity index is 673. The van der Waals surface area contributed by atoms with Gasteiger partial charge in [0.2, 0.25) is 0 Å². The van der Waals surface area contributed by atoms with E-state index in [-0.39, 0.29) is 36.4 Å². The number of alkyl halides is 3. The van der Waals surface area contributed by atoms with Gasteiger partial charge in [-0.25, -0.2) is 4.39 Å². The van der Waals surface area contributed by atoms with Gasteiger partial charge in [-0.15, -0.1) is 0 Å². The summed E-state index contributed by atoms with van der Waals surface area (Å²) in [7, 11) is 0. The van der Waals surface area contributed by atoms with Crippen LogP contribution in [0.5, 0.6) is 5.75 Å². The van der Waals surface area contributed by atoms with Gasteiger partial charge in [0.05, 0.1) is 24.9 Å². The van der Waals surface area contributed by atoms with Crippen molar-refractivity contribution in [2.75, 3.05) is 13.2 Å². The summed E-state index contributed by atoms with van der Waals surface area (Å²) in [5, 5.41) is 0. The molecule has 0 spiro atoms. The molecule has 1 heterocycles. The van der Waals surface area contributed by atoms with Crippen molar-refractivity contribution in [3.63, 3.8) is 0 Å². The van der Waals surface area contributed by atoms with E-state index >= 15 is 0 Å². The summed E-state index contributed by atoms with van der Waals surface area (Å²) >= 11 is 0. The van der Waals surface area contributed by atoms with Gasteiger partial charge in [0.25, 0.3) is 0 Å². The summed E-state index contributed by atoms with van der Waals surface area (Å²) < 4.78 is 66.3. The standard InChI is InChI=1S/C24H34F4O2/c1-3-5-19-11-13-21(23(25)22(19)24(26,27)28)30-15-17-8-12-20(29-14-17)18-9-6-16(4-2)7-10-18/h11,13,16-18,20H,3-10,12,14-15H2,1-2H3. The summed E-state index contributed by atoms with van der Waals surface area (Å²) in [6.07, 6.45) is 4.36. The topological polar surface area (TPSA) is 18.5 Å². The number of benzene rings is 1. The second kappa shape index (κ2) is 10.3. The van der Waals surface area contributed by atoms with Gasteiger partial charge in [0.15, 0.2) is 11.6 Å². The maximum absolute atomic E-state index is 14.6. The van der Waals surface area contributed by atoms with Crippen LogP contribution < -0.4 is 4.74 Å². The van der Waals surface area contributed by atoms with E-state index in [1.165, 1.54) is 44.2 Å². The van der Waals surface area contributed by atoms with E-state index in [2.05, 4.69) is 6.92 Å². The van der Waals surface area contributed by atoms with Gasteiger partial charge in [0.1, 0.15) is 0 Å². The number of halogens is 4. The van der Waals surface area contributed by atoms with Gasteiger partial charge >= 0.3 is 6.18 Å². The third kappa shape index (κ3) is 5.68. The Morgan fingerprint density at radius 1 is 1.00 bits per heavy atom. The predicted molar refractivity (Wildman–Crippen MR) is 109 cm³/mol. The third-order valence-corrected chi connectivity index (χ3v) is 6.87. The maximum Gasteiger partial charge on any atom is 0.419 e. The summed E-state index contributed by atoms with van der Waals surface area (Å²) in [4.78, 5) is 0. The van der Waals surface area contributed by atoms with Crippen LogP contribution in [0.1, 0.15) is 76.3 Å². The second-order valence-electron chi connectivity index (χ2n) is 8.97. The molecule has 1 aliphatic carbocycles. The van der Waals surface area contributed by atoms with Gasteiger partial charge in [-0.3, -0.25) is 0 Å². The molecular weight excluding hydrogens is 396 g/mol. The van der Waals surface area contributed by atoms with Crippen molar-refractivity contribution in [1.82, 2.24) is 0 Å². The zero-order valence-corrected chi connectivity index (χ0v) is 18.1. The van der Waals surface area contributed by atoms with E-state index < -0.39 is 17.6 Å². The fourth-order valence-electron chi connectivity index (χ4n) is 5.00. The molecule has 0 bridgehead atoms. The summed E-state index contributed by atoms with van der Waals surface area (Å²) in [5.41, 5.74) is -1.21. The molecule has 0 radical (unpaired) electrons. The van der Waals surface area contributed by atoms with E-state index in [1.807, 2.05) is 0 Å². The predicted octanol–water partition coefficient (Wildman–Crippen LogP) is 7.19. The normalized spacial score (nSPS) is 27.8. The molecule has 1 saturated carbocycles. The Labute approximate surface area is 177 Å². The van der Waals surface area contributed by atoms with E-state index in [4.69, 9.17) is 9.47 Å². The minimum absolute atomic E-state index is 0.0171. The average molecular weight is 431 g/mol. The molecule has 1 aliphatic heterocycles. The van der Waals surface area contributed by atoms with Crippen molar-refractivity contribution in [3.8, 4) is 5.75 Å². The van der Waals surface area contributed by atoms with E-state index in [1.54, 1.807) is 6.92 Å². The fraction of sp³-hybridized carbons (Fsp3) is 0.750. The zero-order chi connectivity index (χ0) is 21.7. The molecule has 1 aromatic carbocycles. The van der Waals surface area contributed by atoms with Crippen LogP contribution in [0, 0.1) is 23.6 Å². The molecule has 6 heteroatoms. The van der Waals surface area contributed by atoms with Crippen LogP contribution in [0.3, 0.4) is 0 Å². The lowest BCUT2D eigenvalue weighted by Gasteiger charge is -2.37. The van der Waals surface area contributed by atoms with Gasteiger partial charge in [-0.2, -0.15) is 13.2 Å². The SMILES string of the molecule is CCCc1ccc(OCC2CCC(C3CCC(CC)CC3)OC2)c(F)c1C(F)(F)F. The van der Waals surface area contributed by atoms with Crippen molar-refractivity contribution in [1.29, 1.82) is 0 Å². The minimum Gasteiger partial charge on any atom is -0.490 e. The summed E-state index contributed by atoms with van der Waals surface area (Å²) in [5.74, 6) is -0.0611. The van der Waals surface area contributed by atoms with Gasteiger partial charge in [-0.1, -0.05) is 45.6 Å². The minimum atomic E-state index is -4.73. The smallest absolute Gasteiger partial charge is 0.419 e. The van der Waals surface area contributed by atoms with E-state index in [0.717, 1.165) is 18.8 Å². The Balaban J connectivity index is 1.53. The lowest BCUT2D eigenvalue weighted by atomic mass is 9.76. The number of hydrogen-bond acceptors (Lipinski definition) is 2. The van der Waals surface area contributed by atoms with Gasteiger partial charge in [0, 0.05) is 5.92 Å². The first-order valence-electron chi connectivity index (χ1n) is 11.5. The fourth-order valence-corrected chi connectivity index (χ4v) is 5.00. The first kappa shape index (κ1) is 23.4. The highest BCUT2D eigenvalue weighted by atomic mass is 19.4. The summed E-state index contributed by atoms with van der Waals surface area (Å²) in [6, 6.07) is 2.67. The van der Waals surface area contributed by atoms with Crippen molar-refractivity contribution in [2.24, 2.45) is 17.8 Å². The number of rotatable bonds is 7. The molecule has 2 unspecified atom stereocenters. The molecule has 3 rings (SSSR count). The lowest BCUT2D eigenvalue weighted by Crippen LogP contribution is -2.35. The lowest BCUT2D eigenvalue weighted by molar-refractivity contribution is -0.140. The first-order chi connectivity index (χ1) is 14.3. The molecule has 30 heavy (non-hydrogen) atoms. The Morgan fingerprint density at radius 3 is 2.27 bits per heavy atom. The molecule has 1 aromatic rings. The highest BCUT2D eigenvalue weighted by Crippen LogP contribution is 2.39. The van der Waals surface area contributed by atoms with Gasteiger partial charge < -0.3 is 9.47 Å². The van der Waals surface area contributed by atoms with E-state index in [9.17, 15) is 17.6 Å². The molecule has 0 aromatic heterocycles.